The molecule has 0 radical (unpaired) electrons. The molecule has 0 spiro atoms. The Morgan fingerprint density at radius 3 is 1.85 bits per heavy atom. The first-order chi connectivity index (χ1) is 29.4. The van der Waals surface area contributed by atoms with Gasteiger partial charge in [0, 0.05) is 15.6 Å². The van der Waals surface area contributed by atoms with E-state index in [-0.39, 0.29) is 23.7 Å². The van der Waals surface area contributed by atoms with Crippen molar-refractivity contribution in [1.29, 1.82) is 0 Å². The van der Waals surface area contributed by atoms with E-state index in [1.165, 1.54) is 28.0 Å². The molecular weight excluding hydrogens is 906 g/mol. The van der Waals surface area contributed by atoms with Crippen molar-refractivity contribution in [1.82, 2.24) is 15.2 Å². The van der Waals surface area contributed by atoms with Crippen LogP contribution in [0.1, 0.15) is 46.5 Å². The minimum Gasteiger partial charge on any atom is -0.448 e. The topological polar surface area (TPSA) is 122 Å². The molecule has 0 aliphatic carbocycles. The molecule has 0 saturated carbocycles. The zero-order chi connectivity index (χ0) is 41.5. The van der Waals surface area contributed by atoms with E-state index in [9.17, 15) is 14.4 Å². The van der Waals surface area contributed by atoms with Gasteiger partial charge in [0.2, 0.25) is 0 Å². The van der Waals surface area contributed by atoms with Crippen LogP contribution in [-0.2, 0) is 29.5 Å². The molecule has 302 valence electrons. The Hall–Kier alpha value is -5.77. The summed E-state index contributed by atoms with van der Waals surface area (Å²) < 4.78 is 6.76. The lowest BCUT2D eigenvalue weighted by Gasteiger charge is -2.49. The van der Waals surface area contributed by atoms with Gasteiger partial charge in [-0.2, -0.15) is 0 Å². The number of rotatable bonds is 15. The number of β-lactam (4-membered cyclic amide) rings is 1. The molecule has 1 aromatic heterocycles. The summed E-state index contributed by atoms with van der Waals surface area (Å²) in [6, 6.07) is 48.6. The van der Waals surface area contributed by atoms with Crippen molar-refractivity contribution in [2.24, 2.45) is 5.16 Å². The Balaban J connectivity index is 1.04. The van der Waals surface area contributed by atoms with E-state index in [0.717, 1.165) is 33.4 Å². The molecule has 0 bridgehead atoms. The number of thiazole rings is 1. The highest BCUT2D eigenvalue weighted by atomic mass is 127. The number of benzene rings is 5. The van der Waals surface area contributed by atoms with E-state index in [2.05, 4.69) is 74.8 Å². The average molecular weight is 946 g/mol. The minimum absolute atomic E-state index is 0.0744. The van der Waals surface area contributed by atoms with Crippen LogP contribution in [0, 0.1) is 0 Å². The molecule has 2 N–H and O–H groups in total. The number of nitrogens with one attached hydrogen (secondary N) is 2. The highest BCUT2D eigenvalue weighted by molar-refractivity contribution is 14.1. The van der Waals surface area contributed by atoms with Crippen molar-refractivity contribution < 1.29 is 24.0 Å². The van der Waals surface area contributed by atoms with E-state index in [1.807, 2.05) is 115 Å². The number of amides is 2. The van der Waals surface area contributed by atoms with E-state index < -0.39 is 40.8 Å². The molecule has 13 heteroatoms. The third-order valence-corrected chi connectivity index (χ3v) is 13.3. The van der Waals surface area contributed by atoms with Crippen molar-refractivity contribution in [3.63, 3.8) is 0 Å². The molecule has 6 aromatic rings. The van der Waals surface area contributed by atoms with Gasteiger partial charge in [0.25, 0.3) is 11.8 Å². The number of nitrogens with zero attached hydrogens (tertiary/aromatic N) is 3. The van der Waals surface area contributed by atoms with Gasteiger partial charge in [-0.3, -0.25) is 14.5 Å². The highest BCUT2D eigenvalue weighted by Crippen LogP contribution is 2.43. The molecule has 10 nitrogen and oxygen atoms in total. The van der Waals surface area contributed by atoms with Crippen molar-refractivity contribution in [2.45, 2.75) is 30.0 Å². The van der Waals surface area contributed by atoms with E-state index in [0.29, 0.717) is 15.3 Å². The summed E-state index contributed by atoms with van der Waals surface area (Å²) in [5, 5.41) is 12.6. The summed E-state index contributed by atoms with van der Waals surface area (Å²) in [5.41, 5.74) is 4.98. The van der Waals surface area contributed by atoms with Crippen LogP contribution in [0.5, 0.6) is 0 Å². The Bertz CT molecular complexity index is 2370. The van der Waals surface area contributed by atoms with Gasteiger partial charge >= 0.3 is 5.97 Å². The number of halogens is 1. The van der Waals surface area contributed by atoms with Crippen molar-refractivity contribution in [3.05, 3.63) is 202 Å². The molecule has 60 heavy (non-hydrogen) atoms. The average Bonchev–Trinajstić information content (AvgIpc) is 3.77. The monoisotopic (exact) mass is 945 g/mol. The first-order valence-electron chi connectivity index (χ1n) is 19.4. The summed E-state index contributed by atoms with van der Waals surface area (Å²) in [6.07, 6.45) is -0.684. The Kier molecular flexibility index (Phi) is 12.7. The van der Waals surface area contributed by atoms with Crippen LogP contribution in [0.2, 0.25) is 0 Å². The summed E-state index contributed by atoms with van der Waals surface area (Å²) in [6.45, 7) is 1.98. The fourth-order valence-corrected chi connectivity index (χ4v) is 10.5. The lowest BCUT2D eigenvalue weighted by molar-refractivity contribution is -0.154. The van der Waals surface area contributed by atoms with E-state index >= 15 is 0 Å². The van der Waals surface area contributed by atoms with Crippen LogP contribution in [0.3, 0.4) is 0 Å². The number of oxime groups is 1. The summed E-state index contributed by atoms with van der Waals surface area (Å²) >= 11 is 5.02. The number of aromatic nitrogens is 1. The number of ether oxygens (including phenoxy) is 1. The predicted molar refractivity (Wildman–Crippen MR) is 245 cm³/mol. The van der Waals surface area contributed by atoms with Gasteiger partial charge in [-0.1, -0.05) is 179 Å². The maximum atomic E-state index is 14.2. The number of anilines is 1. The fraction of sp³-hybridized carbons (Fsp3) is 0.170. The van der Waals surface area contributed by atoms with Crippen LogP contribution in [0.25, 0.3) is 0 Å². The molecule has 3 heterocycles. The number of esters is 1. The number of thioether (sulfide) groups is 1. The normalized spacial score (nSPS) is 16.5. The first-order valence-corrected chi connectivity index (χ1v) is 22.8. The van der Waals surface area contributed by atoms with E-state index in [4.69, 9.17) is 14.6 Å². The number of carbonyl (C=O) groups is 3. The van der Waals surface area contributed by atoms with E-state index in [1.54, 1.807) is 12.3 Å². The standard InChI is InChI=1S/C47H40IN5O5S2/c1-2-57-52-38(37-30-60-46(49-37)51-47(34-22-12-5-13-23-34,35-24-14-6-15-25-35)36-26-16-7-17-27-36)42(54)50-39-43(55)53-40(33(28-48)29-59-44(39)53)45(56)58-41(31-18-8-3-9-19-31)32-20-10-4-11-21-32/h3-27,30,39,41,44H,2,28-29H2,1H3,(H,49,51)(H,50,54)/b52-38+/t39?,44-/m1/s1. The second-order valence-corrected chi connectivity index (χ2v) is 16.6. The lowest BCUT2D eigenvalue weighted by Crippen LogP contribution is -2.71. The number of hydrogen-bond donors (Lipinski definition) is 2. The number of carbonyl (C=O) groups excluding carboxylic acids is 3. The largest absolute Gasteiger partial charge is 0.448 e. The third kappa shape index (κ3) is 8.21. The zero-order valence-electron chi connectivity index (χ0n) is 32.4. The van der Waals surface area contributed by atoms with Crippen molar-refractivity contribution in [3.8, 4) is 0 Å². The minimum atomic E-state index is -0.926. The maximum absolute atomic E-state index is 14.2. The molecule has 8 rings (SSSR count). The Morgan fingerprint density at radius 1 is 0.833 bits per heavy atom. The van der Waals surface area contributed by atoms with Gasteiger partial charge in [-0.15, -0.1) is 23.1 Å². The predicted octanol–water partition coefficient (Wildman–Crippen LogP) is 8.71. The van der Waals surface area contributed by atoms with Crippen LogP contribution in [0.4, 0.5) is 5.13 Å². The smallest absolute Gasteiger partial charge is 0.356 e. The van der Waals surface area contributed by atoms with Gasteiger partial charge in [-0.05, 0) is 40.3 Å². The highest BCUT2D eigenvalue weighted by Gasteiger charge is 2.55. The number of fused-ring (bicyclic) bond motifs is 1. The molecule has 1 saturated heterocycles. The summed E-state index contributed by atoms with van der Waals surface area (Å²) in [5.74, 6) is -1.15. The van der Waals surface area contributed by atoms with Crippen LogP contribution in [-0.4, -0.2) is 61.6 Å². The van der Waals surface area contributed by atoms with Crippen molar-refractivity contribution >= 4 is 74.3 Å². The van der Waals surface area contributed by atoms with Crippen LogP contribution < -0.4 is 10.6 Å². The lowest BCUT2D eigenvalue weighted by atomic mass is 9.77. The van der Waals surface area contributed by atoms with Crippen LogP contribution >= 0.6 is 45.7 Å². The molecule has 1 fully saturated rings. The van der Waals surface area contributed by atoms with Crippen molar-refractivity contribution in [2.75, 3.05) is 22.1 Å². The SMILES string of the molecule is CCO/N=C(/C(=O)NC1C(=O)N2C(C(=O)OC(c3ccccc3)c3ccccc3)=C(CI)CS[C@H]12)c1csc(NC(c2ccccc2)(c2ccccc2)c2ccccc2)n1. The first kappa shape index (κ1) is 41.0. The molecule has 5 aromatic carbocycles. The van der Waals surface area contributed by atoms with Gasteiger partial charge < -0.3 is 20.2 Å². The number of hydrogen-bond acceptors (Lipinski definition) is 10. The molecular formula is C47H40IN5O5S2. The zero-order valence-corrected chi connectivity index (χ0v) is 36.2. The molecule has 2 aliphatic heterocycles. The quantitative estimate of drug-likeness (QED) is 0.0200. The van der Waals surface area contributed by atoms with Crippen LogP contribution in [0.15, 0.2) is 173 Å². The maximum Gasteiger partial charge on any atom is 0.356 e. The third-order valence-electron chi connectivity index (χ3n) is 10.3. The summed E-state index contributed by atoms with van der Waals surface area (Å²) in [7, 11) is 0. The number of alkyl halides is 1. The van der Waals surface area contributed by atoms with Gasteiger partial charge in [-0.25, -0.2) is 9.78 Å². The fourth-order valence-electron chi connectivity index (χ4n) is 7.45. The van der Waals surface area contributed by atoms with Gasteiger partial charge in [0.05, 0.1) is 0 Å². The van der Waals surface area contributed by atoms with Gasteiger partial charge in [0.1, 0.15) is 35.0 Å². The molecule has 2 aliphatic rings. The second-order valence-electron chi connectivity index (χ2n) is 13.9. The Morgan fingerprint density at radius 2 is 1.35 bits per heavy atom. The molecule has 1 unspecified atom stereocenters. The summed E-state index contributed by atoms with van der Waals surface area (Å²) in [4.78, 5) is 54.1. The molecule has 2 atom stereocenters. The molecule has 2 amide bonds. The second kappa shape index (κ2) is 18.7. The van der Waals surface area contributed by atoms with Gasteiger partial charge in [0.15, 0.2) is 16.9 Å². The Labute approximate surface area is 370 Å².